The molecule has 0 radical (unpaired) electrons. The van der Waals surface area contributed by atoms with E-state index in [1.54, 1.807) is 7.11 Å². The van der Waals surface area contributed by atoms with Gasteiger partial charge in [0, 0.05) is 33.4 Å². The van der Waals surface area contributed by atoms with Crippen molar-refractivity contribution in [1.82, 2.24) is 4.90 Å². The minimum Gasteiger partial charge on any atom is -0.384 e. The van der Waals surface area contributed by atoms with Crippen molar-refractivity contribution in [3.63, 3.8) is 0 Å². The molecule has 2 atom stereocenters. The fourth-order valence-corrected chi connectivity index (χ4v) is 1.83. The Balaban J connectivity index is 2.19. The summed E-state index contributed by atoms with van der Waals surface area (Å²) in [5.74, 6) is 0.621. The van der Waals surface area contributed by atoms with E-state index in [0.717, 1.165) is 32.8 Å². The van der Waals surface area contributed by atoms with Gasteiger partial charge in [0.05, 0.1) is 12.7 Å². The van der Waals surface area contributed by atoms with Crippen molar-refractivity contribution in [1.29, 1.82) is 0 Å². The zero-order valence-electron chi connectivity index (χ0n) is 8.95. The van der Waals surface area contributed by atoms with E-state index in [-0.39, 0.29) is 0 Å². The summed E-state index contributed by atoms with van der Waals surface area (Å²) in [6, 6.07) is 0. The normalized spacial score (nSPS) is 27.5. The first-order valence-electron chi connectivity index (χ1n) is 5.05. The van der Waals surface area contributed by atoms with E-state index in [4.69, 9.17) is 9.47 Å². The van der Waals surface area contributed by atoms with E-state index in [2.05, 4.69) is 18.7 Å². The largest absolute Gasteiger partial charge is 0.384 e. The molecule has 3 nitrogen and oxygen atoms in total. The van der Waals surface area contributed by atoms with Crippen LogP contribution in [0.4, 0.5) is 0 Å². The minimum atomic E-state index is 0.392. The van der Waals surface area contributed by atoms with Gasteiger partial charge in [-0.1, -0.05) is 6.92 Å². The highest BCUT2D eigenvalue weighted by Gasteiger charge is 2.17. The standard InChI is InChI=1S/C10H21NO2/c1-9(8-12-3)6-11-4-5-13-10(2)7-11/h9-10H,4-8H2,1-3H3/t9-,10+/m0/s1. The van der Waals surface area contributed by atoms with Gasteiger partial charge in [-0.05, 0) is 12.8 Å². The summed E-state index contributed by atoms with van der Waals surface area (Å²) in [5, 5.41) is 0. The fourth-order valence-electron chi connectivity index (χ4n) is 1.83. The molecule has 1 heterocycles. The Kier molecular flexibility index (Phi) is 4.70. The molecule has 1 rings (SSSR count). The summed E-state index contributed by atoms with van der Waals surface area (Å²) < 4.78 is 10.6. The summed E-state index contributed by atoms with van der Waals surface area (Å²) in [6.45, 7) is 9.34. The average molecular weight is 187 g/mol. The number of ether oxygens (including phenoxy) is 2. The Labute approximate surface area is 81.0 Å². The SMILES string of the molecule is COC[C@@H](C)CN1CCO[C@H](C)C1. The Morgan fingerprint density at radius 2 is 2.38 bits per heavy atom. The topological polar surface area (TPSA) is 21.7 Å². The number of morpholine rings is 1. The number of hydrogen-bond acceptors (Lipinski definition) is 3. The smallest absolute Gasteiger partial charge is 0.0674 e. The molecule has 78 valence electrons. The van der Waals surface area contributed by atoms with E-state index in [0.29, 0.717) is 12.0 Å². The van der Waals surface area contributed by atoms with Gasteiger partial charge in [-0.2, -0.15) is 0 Å². The molecule has 1 aliphatic rings. The van der Waals surface area contributed by atoms with Crippen LogP contribution in [0, 0.1) is 5.92 Å². The van der Waals surface area contributed by atoms with Crippen molar-refractivity contribution in [2.75, 3.05) is 40.0 Å². The third kappa shape index (κ3) is 4.07. The van der Waals surface area contributed by atoms with Crippen LogP contribution in [-0.4, -0.2) is 51.0 Å². The Bertz CT molecular complexity index is 141. The summed E-state index contributed by atoms with van der Waals surface area (Å²) in [5.41, 5.74) is 0. The second-order valence-corrected chi connectivity index (χ2v) is 4.00. The van der Waals surface area contributed by atoms with E-state index in [9.17, 15) is 0 Å². The van der Waals surface area contributed by atoms with Gasteiger partial charge in [0.2, 0.25) is 0 Å². The quantitative estimate of drug-likeness (QED) is 0.655. The fraction of sp³-hybridized carbons (Fsp3) is 1.00. The molecule has 0 saturated carbocycles. The molecule has 0 aromatic heterocycles. The third-order valence-corrected chi connectivity index (χ3v) is 2.35. The Morgan fingerprint density at radius 3 is 3.00 bits per heavy atom. The van der Waals surface area contributed by atoms with Crippen molar-refractivity contribution in [2.45, 2.75) is 20.0 Å². The first kappa shape index (κ1) is 11.0. The molecule has 0 N–H and O–H groups in total. The molecule has 1 saturated heterocycles. The van der Waals surface area contributed by atoms with E-state index >= 15 is 0 Å². The second-order valence-electron chi connectivity index (χ2n) is 4.00. The predicted octanol–water partition coefficient (Wildman–Crippen LogP) is 0.990. The van der Waals surface area contributed by atoms with Gasteiger partial charge in [0.25, 0.3) is 0 Å². The molecule has 1 aliphatic heterocycles. The van der Waals surface area contributed by atoms with Crippen molar-refractivity contribution >= 4 is 0 Å². The minimum absolute atomic E-state index is 0.392. The van der Waals surface area contributed by atoms with Crippen LogP contribution in [-0.2, 0) is 9.47 Å². The molecule has 0 bridgehead atoms. The molecule has 0 amide bonds. The summed E-state index contributed by atoms with van der Waals surface area (Å²) in [4.78, 5) is 2.46. The highest BCUT2D eigenvalue weighted by molar-refractivity contribution is 4.69. The van der Waals surface area contributed by atoms with Crippen LogP contribution < -0.4 is 0 Å². The Hall–Kier alpha value is -0.120. The zero-order valence-corrected chi connectivity index (χ0v) is 8.95. The van der Waals surface area contributed by atoms with Gasteiger partial charge in [-0.25, -0.2) is 0 Å². The molecular weight excluding hydrogens is 166 g/mol. The van der Waals surface area contributed by atoms with Crippen LogP contribution >= 0.6 is 0 Å². The lowest BCUT2D eigenvalue weighted by atomic mass is 10.1. The first-order chi connectivity index (χ1) is 6.22. The second kappa shape index (κ2) is 5.58. The number of rotatable bonds is 4. The number of hydrogen-bond donors (Lipinski definition) is 0. The van der Waals surface area contributed by atoms with Crippen LogP contribution in [0.2, 0.25) is 0 Å². The van der Waals surface area contributed by atoms with Crippen molar-refractivity contribution < 1.29 is 9.47 Å². The third-order valence-electron chi connectivity index (χ3n) is 2.35. The first-order valence-corrected chi connectivity index (χ1v) is 5.05. The maximum Gasteiger partial charge on any atom is 0.0674 e. The van der Waals surface area contributed by atoms with Gasteiger partial charge in [0.1, 0.15) is 0 Å². The lowest BCUT2D eigenvalue weighted by Gasteiger charge is -2.32. The van der Waals surface area contributed by atoms with Crippen LogP contribution in [0.1, 0.15) is 13.8 Å². The monoisotopic (exact) mass is 187 g/mol. The molecule has 13 heavy (non-hydrogen) atoms. The summed E-state index contributed by atoms with van der Waals surface area (Å²) >= 11 is 0. The van der Waals surface area contributed by atoms with E-state index in [1.807, 2.05) is 0 Å². The molecule has 1 fully saturated rings. The van der Waals surface area contributed by atoms with Crippen LogP contribution in [0.5, 0.6) is 0 Å². The van der Waals surface area contributed by atoms with E-state index in [1.165, 1.54) is 0 Å². The molecule has 0 unspecified atom stereocenters. The van der Waals surface area contributed by atoms with Crippen molar-refractivity contribution in [3.8, 4) is 0 Å². The maximum atomic E-state index is 5.48. The highest BCUT2D eigenvalue weighted by Crippen LogP contribution is 2.07. The molecule has 0 aromatic rings. The molecule has 0 aliphatic carbocycles. The highest BCUT2D eigenvalue weighted by atomic mass is 16.5. The predicted molar refractivity (Wildman–Crippen MR) is 52.9 cm³/mol. The Morgan fingerprint density at radius 1 is 1.62 bits per heavy atom. The lowest BCUT2D eigenvalue weighted by molar-refractivity contribution is -0.0257. The van der Waals surface area contributed by atoms with Gasteiger partial charge >= 0.3 is 0 Å². The van der Waals surface area contributed by atoms with Crippen LogP contribution in [0.15, 0.2) is 0 Å². The molecular formula is C10H21NO2. The number of nitrogens with zero attached hydrogens (tertiary/aromatic N) is 1. The van der Waals surface area contributed by atoms with Crippen molar-refractivity contribution in [2.24, 2.45) is 5.92 Å². The molecule has 0 aromatic carbocycles. The average Bonchev–Trinajstić information content (AvgIpc) is 2.04. The van der Waals surface area contributed by atoms with Crippen LogP contribution in [0.25, 0.3) is 0 Å². The van der Waals surface area contributed by atoms with Gasteiger partial charge in [-0.3, -0.25) is 4.90 Å². The molecule has 0 spiro atoms. The van der Waals surface area contributed by atoms with Crippen molar-refractivity contribution in [3.05, 3.63) is 0 Å². The summed E-state index contributed by atoms with van der Waals surface area (Å²) in [6.07, 6.45) is 0.392. The maximum absolute atomic E-state index is 5.48. The zero-order chi connectivity index (χ0) is 9.68. The van der Waals surface area contributed by atoms with Gasteiger partial charge < -0.3 is 9.47 Å². The van der Waals surface area contributed by atoms with Gasteiger partial charge in [-0.15, -0.1) is 0 Å². The summed E-state index contributed by atoms with van der Waals surface area (Å²) in [7, 11) is 1.76. The lowest BCUT2D eigenvalue weighted by Crippen LogP contribution is -2.43. The molecule has 3 heteroatoms. The van der Waals surface area contributed by atoms with Gasteiger partial charge in [0.15, 0.2) is 0 Å². The van der Waals surface area contributed by atoms with Crippen LogP contribution in [0.3, 0.4) is 0 Å². The van der Waals surface area contributed by atoms with E-state index < -0.39 is 0 Å². The number of methoxy groups -OCH3 is 1.